The van der Waals surface area contributed by atoms with Crippen LogP contribution in [0.25, 0.3) is 0 Å². The molecule has 0 aliphatic carbocycles. The second-order valence-corrected chi connectivity index (χ2v) is 5.75. The number of hydrogen-bond donors (Lipinski definition) is 1. The fourth-order valence-corrected chi connectivity index (χ4v) is 2.40. The Kier molecular flexibility index (Phi) is 6.53. The zero-order chi connectivity index (χ0) is 12.8. The Morgan fingerprint density at radius 2 is 2.06 bits per heavy atom. The lowest BCUT2D eigenvalue weighted by atomic mass is 9.92. The van der Waals surface area contributed by atoms with Crippen LogP contribution in [0.15, 0.2) is 22.7 Å². The minimum Gasteiger partial charge on any atom is -0.310 e. The summed E-state index contributed by atoms with van der Waals surface area (Å²) in [6.45, 7) is 7.76. The molecule has 1 aromatic rings. The Hall–Kier alpha value is -0.0500. The fraction of sp³-hybridized carbons (Fsp3) is 0.571. The largest absolute Gasteiger partial charge is 0.310 e. The average Bonchev–Trinajstić information content (AvgIpc) is 2.33. The van der Waals surface area contributed by atoms with Crippen LogP contribution in [0.2, 0.25) is 5.02 Å². The molecule has 96 valence electrons. The van der Waals surface area contributed by atoms with Crippen LogP contribution in [0.1, 0.15) is 45.2 Å². The molecule has 1 N–H and O–H groups in total. The third-order valence-electron chi connectivity index (χ3n) is 3.13. The molecule has 0 aromatic heterocycles. The molecule has 2 unspecified atom stereocenters. The summed E-state index contributed by atoms with van der Waals surface area (Å²) in [6, 6.07) is 6.62. The van der Waals surface area contributed by atoms with E-state index in [2.05, 4.69) is 54.2 Å². The van der Waals surface area contributed by atoms with Crippen LogP contribution in [-0.2, 0) is 0 Å². The van der Waals surface area contributed by atoms with E-state index in [1.54, 1.807) is 0 Å². The highest BCUT2D eigenvalue weighted by atomic mass is 79.9. The minimum atomic E-state index is 0.411. The molecule has 1 aromatic carbocycles. The van der Waals surface area contributed by atoms with E-state index in [0.29, 0.717) is 12.0 Å². The maximum atomic E-state index is 6.04. The number of rotatable bonds is 6. The fourth-order valence-electron chi connectivity index (χ4n) is 1.89. The van der Waals surface area contributed by atoms with Crippen molar-refractivity contribution < 1.29 is 0 Å². The summed E-state index contributed by atoms with van der Waals surface area (Å²) in [5.41, 5.74) is 1.31. The first-order valence-electron chi connectivity index (χ1n) is 6.28. The minimum absolute atomic E-state index is 0.411. The molecule has 0 saturated heterocycles. The molecule has 0 saturated carbocycles. The molecule has 0 amide bonds. The number of nitrogens with one attached hydrogen (secondary N) is 1. The Labute approximate surface area is 118 Å². The lowest BCUT2D eigenvalue weighted by Gasteiger charge is -2.25. The third kappa shape index (κ3) is 4.27. The van der Waals surface area contributed by atoms with Crippen molar-refractivity contribution in [3.05, 3.63) is 33.3 Å². The first-order valence-corrected chi connectivity index (χ1v) is 7.45. The maximum absolute atomic E-state index is 6.04. The molecular formula is C14H21BrClN. The van der Waals surface area contributed by atoms with Gasteiger partial charge in [0.25, 0.3) is 0 Å². The van der Waals surface area contributed by atoms with Crippen LogP contribution in [0, 0.1) is 5.92 Å². The molecule has 0 spiro atoms. The van der Waals surface area contributed by atoms with E-state index in [1.165, 1.54) is 12.0 Å². The van der Waals surface area contributed by atoms with Gasteiger partial charge in [0.05, 0.1) is 5.02 Å². The number of hydrogen-bond acceptors (Lipinski definition) is 1. The van der Waals surface area contributed by atoms with Crippen molar-refractivity contribution in [2.45, 2.75) is 39.7 Å². The second kappa shape index (κ2) is 7.40. The quantitative estimate of drug-likeness (QED) is 0.761. The van der Waals surface area contributed by atoms with Crippen molar-refractivity contribution >= 4 is 27.5 Å². The number of benzene rings is 1. The molecule has 2 atom stereocenters. The molecular weight excluding hydrogens is 298 g/mol. The van der Waals surface area contributed by atoms with Crippen LogP contribution in [0.5, 0.6) is 0 Å². The van der Waals surface area contributed by atoms with Gasteiger partial charge in [-0.2, -0.15) is 0 Å². The smallest absolute Gasteiger partial charge is 0.0548 e. The Morgan fingerprint density at radius 3 is 2.59 bits per heavy atom. The zero-order valence-electron chi connectivity index (χ0n) is 10.8. The van der Waals surface area contributed by atoms with E-state index in [9.17, 15) is 0 Å². The topological polar surface area (TPSA) is 12.0 Å². The van der Waals surface area contributed by atoms with Crippen LogP contribution in [-0.4, -0.2) is 6.54 Å². The predicted octanol–water partition coefficient (Wildman–Crippen LogP) is 5.19. The van der Waals surface area contributed by atoms with E-state index in [1.807, 2.05) is 6.07 Å². The highest BCUT2D eigenvalue weighted by molar-refractivity contribution is 9.10. The summed E-state index contributed by atoms with van der Waals surface area (Å²) in [5.74, 6) is 0.620. The van der Waals surface area contributed by atoms with Crippen molar-refractivity contribution in [2.75, 3.05) is 6.54 Å². The third-order valence-corrected chi connectivity index (χ3v) is 4.34. The van der Waals surface area contributed by atoms with E-state index in [-0.39, 0.29) is 0 Å². The molecule has 3 heteroatoms. The lowest BCUT2D eigenvalue weighted by Crippen LogP contribution is -2.27. The summed E-state index contributed by atoms with van der Waals surface area (Å²) in [6.07, 6.45) is 2.32. The Balaban J connectivity index is 2.91. The standard InChI is InChI=1S/C14H21BrClN/c1-4-8-17-14(10(3)5-2)11-6-7-13(16)12(15)9-11/h6-7,9-10,14,17H,4-5,8H2,1-3H3. The number of halogens is 2. The van der Waals surface area contributed by atoms with Crippen molar-refractivity contribution in [2.24, 2.45) is 5.92 Å². The molecule has 17 heavy (non-hydrogen) atoms. The van der Waals surface area contributed by atoms with Gasteiger partial charge in [-0.05, 0) is 52.5 Å². The van der Waals surface area contributed by atoms with Crippen molar-refractivity contribution in [1.82, 2.24) is 5.32 Å². The van der Waals surface area contributed by atoms with E-state index >= 15 is 0 Å². The van der Waals surface area contributed by atoms with Crippen LogP contribution in [0.4, 0.5) is 0 Å². The second-order valence-electron chi connectivity index (χ2n) is 4.49. The summed E-state index contributed by atoms with van der Waals surface area (Å²) in [7, 11) is 0. The van der Waals surface area contributed by atoms with Gasteiger partial charge in [0.2, 0.25) is 0 Å². The Morgan fingerprint density at radius 1 is 1.35 bits per heavy atom. The summed E-state index contributed by atoms with van der Waals surface area (Å²) in [4.78, 5) is 0. The summed E-state index contributed by atoms with van der Waals surface area (Å²) in [5, 5.41) is 4.39. The lowest BCUT2D eigenvalue weighted by molar-refractivity contribution is 0.377. The molecule has 0 aliphatic rings. The normalized spacial score (nSPS) is 14.6. The van der Waals surface area contributed by atoms with E-state index < -0.39 is 0 Å². The Bertz CT molecular complexity index is 354. The maximum Gasteiger partial charge on any atom is 0.0548 e. The van der Waals surface area contributed by atoms with Crippen molar-refractivity contribution in [1.29, 1.82) is 0 Å². The SMILES string of the molecule is CCCNC(c1ccc(Cl)c(Br)c1)C(C)CC. The van der Waals surface area contributed by atoms with E-state index in [0.717, 1.165) is 22.5 Å². The van der Waals surface area contributed by atoms with Crippen molar-refractivity contribution in [3.63, 3.8) is 0 Å². The monoisotopic (exact) mass is 317 g/mol. The highest BCUT2D eigenvalue weighted by Crippen LogP contribution is 2.30. The van der Waals surface area contributed by atoms with Gasteiger partial charge in [0.1, 0.15) is 0 Å². The van der Waals surface area contributed by atoms with Crippen molar-refractivity contribution in [3.8, 4) is 0 Å². The van der Waals surface area contributed by atoms with Gasteiger partial charge in [-0.15, -0.1) is 0 Å². The summed E-state index contributed by atoms with van der Waals surface area (Å²) < 4.78 is 0.975. The van der Waals surface area contributed by atoms with Gasteiger partial charge in [0.15, 0.2) is 0 Å². The van der Waals surface area contributed by atoms with Crippen LogP contribution >= 0.6 is 27.5 Å². The van der Waals surface area contributed by atoms with Gasteiger partial charge < -0.3 is 5.32 Å². The summed E-state index contributed by atoms with van der Waals surface area (Å²) >= 11 is 9.53. The molecule has 0 fully saturated rings. The average molecular weight is 319 g/mol. The first kappa shape index (κ1) is 15.0. The highest BCUT2D eigenvalue weighted by Gasteiger charge is 2.17. The molecule has 0 heterocycles. The molecule has 1 rings (SSSR count). The molecule has 0 bridgehead atoms. The van der Waals surface area contributed by atoms with Gasteiger partial charge in [-0.3, -0.25) is 0 Å². The van der Waals surface area contributed by atoms with Crippen LogP contribution in [0.3, 0.4) is 0 Å². The van der Waals surface area contributed by atoms with Gasteiger partial charge in [-0.1, -0.05) is 44.9 Å². The molecule has 1 nitrogen and oxygen atoms in total. The van der Waals surface area contributed by atoms with Gasteiger partial charge in [-0.25, -0.2) is 0 Å². The predicted molar refractivity (Wildman–Crippen MR) is 79.6 cm³/mol. The van der Waals surface area contributed by atoms with Crippen LogP contribution < -0.4 is 5.32 Å². The first-order chi connectivity index (χ1) is 8.10. The zero-order valence-corrected chi connectivity index (χ0v) is 13.1. The van der Waals surface area contributed by atoms with Gasteiger partial charge in [0, 0.05) is 10.5 Å². The van der Waals surface area contributed by atoms with Gasteiger partial charge >= 0.3 is 0 Å². The van der Waals surface area contributed by atoms with E-state index in [4.69, 9.17) is 11.6 Å². The molecule has 0 aliphatic heterocycles. The molecule has 0 radical (unpaired) electrons.